The van der Waals surface area contributed by atoms with Gasteiger partial charge in [-0.1, -0.05) is 37.9 Å². The summed E-state index contributed by atoms with van der Waals surface area (Å²) in [4.78, 5) is 0. The molecule has 18 heavy (non-hydrogen) atoms. The largest absolute Gasteiger partial charge is 0.310 e. The second-order valence-electron chi connectivity index (χ2n) is 5.33. The molecule has 1 fully saturated rings. The molecule has 0 heterocycles. The highest BCUT2D eigenvalue weighted by molar-refractivity contribution is 6.31. The van der Waals surface area contributed by atoms with E-state index in [0.717, 1.165) is 18.0 Å². The highest BCUT2D eigenvalue weighted by Gasteiger charge is 2.30. The van der Waals surface area contributed by atoms with E-state index in [1.807, 2.05) is 0 Å². The number of halogens is 2. The predicted octanol–water partition coefficient (Wildman–Crippen LogP) is 4.39. The molecule has 0 bridgehead atoms. The summed E-state index contributed by atoms with van der Waals surface area (Å²) < 4.78 is 12.9. The zero-order valence-corrected chi connectivity index (χ0v) is 11.8. The van der Waals surface area contributed by atoms with Gasteiger partial charge in [0.05, 0.1) is 0 Å². The summed E-state index contributed by atoms with van der Waals surface area (Å²) in [6.45, 7) is 5.32. The average molecular weight is 270 g/mol. The number of hydrogen-bond acceptors (Lipinski definition) is 1. The van der Waals surface area contributed by atoms with E-state index < -0.39 is 0 Å². The second-order valence-corrected chi connectivity index (χ2v) is 5.74. The first-order valence-corrected chi connectivity index (χ1v) is 7.17. The average Bonchev–Trinajstić information content (AvgIpc) is 2.69. The summed E-state index contributed by atoms with van der Waals surface area (Å²) in [5, 5.41) is 4.08. The van der Waals surface area contributed by atoms with E-state index in [-0.39, 0.29) is 5.82 Å². The smallest absolute Gasteiger partial charge is 0.124 e. The zero-order valence-electron chi connectivity index (χ0n) is 11.0. The minimum Gasteiger partial charge on any atom is -0.310 e. The lowest BCUT2D eigenvalue weighted by atomic mass is 9.93. The molecular formula is C15H21ClFN. The Morgan fingerprint density at radius 2 is 2.17 bits per heavy atom. The van der Waals surface area contributed by atoms with Gasteiger partial charge in [-0.15, -0.1) is 0 Å². The molecule has 100 valence electrons. The number of benzene rings is 1. The van der Waals surface area contributed by atoms with Crippen LogP contribution in [0.1, 0.15) is 38.7 Å². The number of rotatable bonds is 4. The van der Waals surface area contributed by atoms with Crippen LogP contribution in [0, 0.1) is 17.7 Å². The first-order chi connectivity index (χ1) is 8.61. The number of hydrogen-bond donors (Lipinski definition) is 1. The van der Waals surface area contributed by atoms with Gasteiger partial charge in [-0.3, -0.25) is 0 Å². The molecule has 1 aliphatic carbocycles. The van der Waals surface area contributed by atoms with E-state index in [1.165, 1.54) is 31.4 Å². The van der Waals surface area contributed by atoms with Crippen LogP contribution in [0.2, 0.25) is 5.02 Å². The molecule has 0 saturated heterocycles. The molecule has 0 aliphatic heterocycles. The van der Waals surface area contributed by atoms with Crippen molar-refractivity contribution in [2.24, 2.45) is 11.8 Å². The molecule has 0 amide bonds. The molecule has 2 rings (SSSR count). The van der Waals surface area contributed by atoms with Crippen LogP contribution >= 0.6 is 11.6 Å². The molecule has 1 nitrogen and oxygen atoms in total. The van der Waals surface area contributed by atoms with Crippen molar-refractivity contribution in [3.63, 3.8) is 0 Å². The molecule has 3 atom stereocenters. The van der Waals surface area contributed by atoms with Gasteiger partial charge in [-0.25, -0.2) is 4.39 Å². The van der Waals surface area contributed by atoms with E-state index in [2.05, 4.69) is 19.2 Å². The van der Waals surface area contributed by atoms with Gasteiger partial charge in [0, 0.05) is 17.6 Å². The van der Waals surface area contributed by atoms with Gasteiger partial charge >= 0.3 is 0 Å². The van der Waals surface area contributed by atoms with Crippen LogP contribution in [0.4, 0.5) is 4.39 Å². The van der Waals surface area contributed by atoms with E-state index in [4.69, 9.17) is 11.6 Å². The molecule has 1 aromatic rings. The summed E-state index contributed by atoms with van der Waals surface area (Å²) in [6.07, 6.45) is 3.81. The van der Waals surface area contributed by atoms with Crippen LogP contribution in [0.25, 0.3) is 0 Å². The van der Waals surface area contributed by atoms with Gasteiger partial charge in [0.1, 0.15) is 5.82 Å². The fourth-order valence-corrected chi connectivity index (χ4v) is 3.25. The molecule has 3 heteroatoms. The summed E-state index contributed by atoms with van der Waals surface area (Å²) >= 11 is 6.03. The first kappa shape index (κ1) is 13.8. The third kappa shape index (κ3) is 3.04. The molecule has 0 radical (unpaired) electrons. The minimum absolute atomic E-state index is 0.274. The Labute approximate surface area is 114 Å². The minimum atomic E-state index is -0.274. The first-order valence-electron chi connectivity index (χ1n) is 6.79. The highest BCUT2D eigenvalue weighted by atomic mass is 35.5. The lowest BCUT2D eigenvalue weighted by molar-refractivity contribution is 0.344. The summed E-state index contributed by atoms with van der Waals surface area (Å²) in [6, 6.07) is 5.18. The van der Waals surface area contributed by atoms with Crippen molar-refractivity contribution in [1.82, 2.24) is 5.32 Å². The monoisotopic (exact) mass is 269 g/mol. The molecule has 0 aromatic heterocycles. The maximum atomic E-state index is 12.9. The molecule has 1 N–H and O–H groups in total. The Morgan fingerprint density at radius 1 is 1.39 bits per heavy atom. The van der Waals surface area contributed by atoms with Gasteiger partial charge < -0.3 is 5.32 Å². The van der Waals surface area contributed by atoms with Gasteiger partial charge in [0.2, 0.25) is 0 Å². The Hall–Kier alpha value is -0.600. The summed E-state index contributed by atoms with van der Waals surface area (Å²) in [5.74, 6) is 1.28. The van der Waals surface area contributed by atoms with Crippen LogP contribution < -0.4 is 5.32 Å². The third-order valence-corrected chi connectivity index (χ3v) is 4.67. The van der Waals surface area contributed by atoms with Gasteiger partial charge in [0.15, 0.2) is 0 Å². The quantitative estimate of drug-likeness (QED) is 0.855. The van der Waals surface area contributed by atoms with E-state index in [0.29, 0.717) is 17.0 Å². The second kappa shape index (κ2) is 6.03. The SMILES string of the molecule is CCC1CCC(NCc2ccc(F)cc2Cl)C1C. The van der Waals surface area contributed by atoms with Crippen LogP contribution in [0.15, 0.2) is 18.2 Å². The van der Waals surface area contributed by atoms with Crippen molar-refractivity contribution in [1.29, 1.82) is 0 Å². The maximum Gasteiger partial charge on any atom is 0.124 e. The van der Waals surface area contributed by atoms with Crippen molar-refractivity contribution in [2.45, 2.75) is 45.7 Å². The highest BCUT2D eigenvalue weighted by Crippen LogP contribution is 2.34. The van der Waals surface area contributed by atoms with Crippen molar-refractivity contribution in [3.05, 3.63) is 34.6 Å². The van der Waals surface area contributed by atoms with Crippen molar-refractivity contribution in [3.8, 4) is 0 Å². The van der Waals surface area contributed by atoms with E-state index in [9.17, 15) is 4.39 Å². The normalized spacial score (nSPS) is 27.7. The van der Waals surface area contributed by atoms with Crippen molar-refractivity contribution >= 4 is 11.6 Å². The molecular weight excluding hydrogens is 249 g/mol. The zero-order chi connectivity index (χ0) is 13.1. The van der Waals surface area contributed by atoms with Gasteiger partial charge in [0.25, 0.3) is 0 Å². The summed E-state index contributed by atoms with van der Waals surface area (Å²) in [7, 11) is 0. The standard InChI is InChI=1S/C15H21ClFN/c1-3-11-5-7-15(10(11)2)18-9-12-4-6-13(17)8-14(12)16/h4,6,8,10-11,15,18H,3,5,7,9H2,1-2H3. The van der Waals surface area contributed by atoms with Crippen molar-refractivity contribution in [2.75, 3.05) is 0 Å². The fourth-order valence-electron chi connectivity index (χ4n) is 3.02. The third-order valence-electron chi connectivity index (χ3n) is 4.32. The van der Waals surface area contributed by atoms with Crippen LogP contribution in [0.3, 0.4) is 0 Å². The topological polar surface area (TPSA) is 12.0 Å². The molecule has 1 aliphatic rings. The van der Waals surface area contributed by atoms with Gasteiger partial charge in [-0.05, 0) is 42.4 Å². The summed E-state index contributed by atoms with van der Waals surface area (Å²) in [5.41, 5.74) is 0.977. The number of nitrogens with one attached hydrogen (secondary N) is 1. The lowest BCUT2D eigenvalue weighted by Gasteiger charge is -2.21. The van der Waals surface area contributed by atoms with Crippen LogP contribution in [-0.4, -0.2) is 6.04 Å². The molecule has 1 aromatic carbocycles. The molecule has 3 unspecified atom stereocenters. The Kier molecular flexibility index (Phi) is 4.63. The maximum absolute atomic E-state index is 12.9. The van der Waals surface area contributed by atoms with Gasteiger partial charge in [-0.2, -0.15) is 0 Å². The van der Waals surface area contributed by atoms with Crippen molar-refractivity contribution < 1.29 is 4.39 Å². The van der Waals surface area contributed by atoms with E-state index >= 15 is 0 Å². The Morgan fingerprint density at radius 3 is 2.78 bits per heavy atom. The lowest BCUT2D eigenvalue weighted by Crippen LogP contribution is -2.32. The predicted molar refractivity (Wildman–Crippen MR) is 74.2 cm³/mol. The Bertz CT molecular complexity index is 407. The van der Waals surface area contributed by atoms with Crippen LogP contribution in [-0.2, 0) is 6.54 Å². The fraction of sp³-hybridized carbons (Fsp3) is 0.600. The molecule has 1 saturated carbocycles. The van der Waals surface area contributed by atoms with Crippen LogP contribution in [0.5, 0.6) is 0 Å². The van der Waals surface area contributed by atoms with E-state index in [1.54, 1.807) is 6.07 Å². The Balaban J connectivity index is 1.92. The molecule has 0 spiro atoms.